The molecule has 2 heterocycles. The zero-order valence-corrected chi connectivity index (χ0v) is 17.0. The number of aryl methyl sites for hydroxylation is 2. The van der Waals surface area contributed by atoms with Crippen LogP contribution >= 0.6 is 0 Å². The second-order valence-electron chi connectivity index (χ2n) is 7.45. The van der Waals surface area contributed by atoms with Crippen LogP contribution in [0.5, 0.6) is 5.75 Å². The smallest absolute Gasteiger partial charge is 0.134 e. The van der Waals surface area contributed by atoms with Crippen LogP contribution in [0.1, 0.15) is 30.9 Å². The molecule has 4 N–H and O–H groups in total. The molecule has 0 aliphatic heterocycles. The molecule has 1 unspecified atom stereocenters. The number of hydrogen-bond donors (Lipinski definition) is 3. The van der Waals surface area contributed by atoms with E-state index in [9.17, 15) is 0 Å². The van der Waals surface area contributed by atoms with Crippen LogP contribution < -0.4 is 15.8 Å². The summed E-state index contributed by atoms with van der Waals surface area (Å²) >= 11 is 0. The van der Waals surface area contributed by atoms with Gasteiger partial charge < -0.3 is 20.8 Å². The van der Waals surface area contributed by atoms with Crippen molar-refractivity contribution in [2.75, 3.05) is 19.0 Å². The summed E-state index contributed by atoms with van der Waals surface area (Å²) in [4.78, 5) is 8.31. The van der Waals surface area contributed by atoms with Crippen molar-refractivity contribution in [2.45, 2.75) is 39.7 Å². The maximum atomic E-state index is 5.80. The highest BCUT2D eigenvalue weighted by Crippen LogP contribution is 2.39. The molecule has 0 bridgehead atoms. The Hall–Kier alpha value is -2.79. The molecule has 146 valence electrons. The van der Waals surface area contributed by atoms with Crippen molar-refractivity contribution >= 4 is 38.4 Å². The van der Waals surface area contributed by atoms with E-state index in [2.05, 4.69) is 49.3 Å². The lowest BCUT2D eigenvalue weighted by atomic mass is 9.96. The van der Waals surface area contributed by atoms with Gasteiger partial charge in [-0.05, 0) is 74.0 Å². The van der Waals surface area contributed by atoms with Crippen LogP contribution in [0.2, 0.25) is 0 Å². The van der Waals surface area contributed by atoms with Gasteiger partial charge in [0, 0.05) is 33.9 Å². The minimum Gasteiger partial charge on any atom is -0.497 e. The number of hydrogen-bond acceptors (Lipinski definition) is 4. The molecule has 0 saturated carbocycles. The molecule has 2 aromatic carbocycles. The van der Waals surface area contributed by atoms with Gasteiger partial charge in [-0.2, -0.15) is 0 Å². The van der Waals surface area contributed by atoms with E-state index in [1.807, 2.05) is 12.3 Å². The number of aromatic nitrogens is 2. The number of ether oxygens (including phenoxy) is 1. The second kappa shape index (κ2) is 7.32. The Kier molecular flexibility index (Phi) is 4.85. The van der Waals surface area contributed by atoms with Crippen molar-refractivity contribution < 1.29 is 4.74 Å². The molecule has 28 heavy (non-hydrogen) atoms. The summed E-state index contributed by atoms with van der Waals surface area (Å²) in [5.41, 5.74) is 10.6. The number of nitrogens with zero attached hydrogens (tertiary/aromatic N) is 1. The first-order valence-electron chi connectivity index (χ1n) is 9.92. The summed E-state index contributed by atoms with van der Waals surface area (Å²) in [6.45, 7) is 7.22. The molecule has 0 fully saturated rings. The van der Waals surface area contributed by atoms with Crippen molar-refractivity contribution in [2.24, 2.45) is 5.73 Å². The first kappa shape index (κ1) is 18.6. The van der Waals surface area contributed by atoms with Crippen molar-refractivity contribution in [3.63, 3.8) is 0 Å². The van der Waals surface area contributed by atoms with Gasteiger partial charge in [0.15, 0.2) is 0 Å². The topological polar surface area (TPSA) is 76.0 Å². The Bertz CT molecular complexity index is 1160. The number of pyridine rings is 1. The van der Waals surface area contributed by atoms with Gasteiger partial charge in [-0.3, -0.25) is 0 Å². The quantitative estimate of drug-likeness (QED) is 0.441. The Morgan fingerprint density at radius 3 is 2.68 bits per heavy atom. The number of aromatic amines is 1. The lowest BCUT2D eigenvalue weighted by molar-refractivity contribution is 0.415. The van der Waals surface area contributed by atoms with Crippen LogP contribution in [0.3, 0.4) is 0 Å². The third kappa shape index (κ3) is 2.87. The van der Waals surface area contributed by atoms with E-state index >= 15 is 0 Å². The lowest BCUT2D eigenvalue weighted by Gasteiger charge is -2.20. The van der Waals surface area contributed by atoms with Crippen molar-refractivity contribution in [3.05, 3.63) is 41.6 Å². The van der Waals surface area contributed by atoms with Crippen molar-refractivity contribution in [3.8, 4) is 5.75 Å². The zero-order chi connectivity index (χ0) is 19.8. The predicted molar refractivity (Wildman–Crippen MR) is 119 cm³/mol. The van der Waals surface area contributed by atoms with Crippen LogP contribution in [-0.4, -0.2) is 29.7 Å². The Morgan fingerprint density at radius 2 is 1.96 bits per heavy atom. The van der Waals surface area contributed by atoms with Crippen LogP contribution in [0.25, 0.3) is 32.6 Å². The van der Waals surface area contributed by atoms with Crippen molar-refractivity contribution in [1.82, 2.24) is 9.97 Å². The Labute approximate surface area is 165 Å². The normalized spacial score (nSPS) is 12.8. The van der Waals surface area contributed by atoms with Gasteiger partial charge in [0.05, 0.1) is 12.6 Å². The number of fused-ring (bicyclic) bond motifs is 4. The molecule has 0 spiro atoms. The summed E-state index contributed by atoms with van der Waals surface area (Å²) in [5, 5.41) is 8.47. The first-order valence-corrected chi connectivity index (χ1v) is 9.92. The highest BCUT2D eigenvalue weighted by Gasteiger charge is 2.18. The highest BCUT2D eigenvalue weighted by molar-refractivity contribution is 6.18. The average molecular weight is 377 g/mol. The Balaban J connectivity index is 2.03. The highest BCUT2D eigenvalue weighted by atomic mass is 16.5. The molecule has 1 atom stereocenters. The zero-order valence-electron chi connectivity index (χ0n) is 17.0. The molecule has 4 aromatic rings. The van der Waals surface area contributed by atoms with Crippen LogP contribution in [0.15, 0.2) is 30.5 Å². The molecule has 5 heteroatoms. The largest absolute Gasteiger partial charge is 0.497 e. The van der Waals surface area contributed by atoms with Gasteiger partial charge in [0.1, 0.15) is 11.6 Å². The molecule has 0 amide bonds. The van der Waals surface area contributed by atoms with E-state index < -0.39 is 0 Å². The summed E-state index contributed by atoms with van der Waals surface area (Å²) in [6, 6.07) is 8.62. The number of H-pyrrole nitrogens is 1. The number of nitrogens with one attached hydrogen (secondary N) is 2. The van der Waals surface area contributed by atoms with Gasteiger partial charge in [0.25, 0.3) is 0 Å². The summed E-state index contributed by atoms with van der Waals surface area (Å²) < 4.78 is 5.47. The number of nitrogens with two attached hydrogens (primary N) is 1. The fourth-order valence-corrected chi connectivity index (χ4v) is 4.26. The number of benzene rings is 2. The molecular weight excluding hydrogens is 348 g/mol. The molecule has 4 rings (SSSR count). The van der Waals surface area contributed by atoms with Gasteiger partial charge in [0.2, 0.25) is 0 Å². The average Bonchev–Trinajstić information content (AvgIpc) is 3.10. The minimum absolute atomic E-state index is 0.321. The molecule has 0 aliphatic rings. The molecule has 5 nitrogen and oxygen atoms in total. The standard InChI is InChI=1S/C23H28N4O/c1-5-15(8-10-24)26-23-21-14(3)20-18-12-16(28-4)6-7-19(18)27-22(20)13(2)17(21)9-11-25-23/h6-7,9,11-12,15,27H,5,8,10,24H2,1-4H3,(H,25,26). The van der Waals surface area contributed by atoms with Gasteiger partial charge in [-0.1, -0.05) is 6.92 Å². The third-order valence-electron chi connectivity index (χ3n) is 5.83. The van der Waals surface area contributed by atoms with E-state index in [0.29, 0.717) is 12.6 Å². The van der Waals surface area contributed by atoms with Gasteiger partial charge >= 0.3 is 0 Å². The maximum Gasteiger partial charge on any atom is 0.134 e. The Morgan fingerprint density at radius 1 is 1.14 bits per heavy atom. The van der Waals surface area contributed by atoms with Gasteiger partial charge in [-0.25, -0.2) is 4.98 Å². The second-order valence-corrected chi connectivity index (χ2v) is 7.45. The molecule has 0 radical (unpaired) electrons. The van der Waals surface area contributed by atoms with Crippen LogP contribution in [-0.2, 0) is 0 Å². The fraction of sp³-hybridized carbons (Fsp3) is 0.348. The van der Waals surface area contributed by atoms with Gasteiger partial charge in [-0.15, -0.1) is 0 Å². The maximum absolute atomic E-state index is 5.80. The van der Waals surface area contributed by atoms with E-state index in [0.717, 1.165) is 29.9 Å². The van der Waals surface area contributed by atoms with Crippen LogP contribution in [0, 0.1) is 13.8 Å². The fourth-order valence-electron chi connectivity index (χ4n) is 4.26. The van der Waals surface area contributed by atoms with E-state index in [1.54, 1.807) is 7.11 Å². The van der Waals surface area contributed by atoms with Crippen LogP contribution in [0.4, 0.5) is 5.82 Å². The summed E-state index contributed by atoms with van der Waals surface area (Å²) in [6.07, 6.45) is 3.84. The minimum atomic E-state index is 0.321. The summed E-state index contributed by atoms with van der Waals surface area (Å²) in [5.74, 6) is 1.81. The monoisotopic (exact) mass is 376 g/mol. The van der Waals surface area contributed by atoms with E-state index in [4.69, 9.17) is 15.5 Å². The lowest BCUT2D eigenvalue weighted by Crippen LogP contribution is -2.23. The number of methoxy groups -OCH3 is 1. The van der Waals surface area contributed by atoms with Crippen molar-refractivity contribution in [1.29, 1.82) is 0 Å². The molecule has 2 aromatic heterocycles. The number of rotatable bonds is 6. The molecule has 0 aliphatic carbocycles. The predicted octanol–water partition coefficient (Wildman–Crippen LogP) is 5.03. The number of anilines is 1. The van der Waals surface area contributed by atoms with E-state index in [-0.39, 0.29) is 0 Å². The molecule has 0 saturated heterocycles. The summed E-state index contributed by atoms with van der Waals surface area (Å²) in [7, 11) is 1.71. The third-order valence-corrected chi connectivity index (χ3v) is 5.83. The first-order chi connectivity index (χ1) is 13.6. The SMILES string of the molecule is CCC(CCN)Nc1nccc2c(C)c3[nH]c4ccc(OC)cc4c3c(C)c12. The van der Waals surface area contributed by atoms with E-state index in [1.165, 1.54) is 38.2 Å². The molecular formula is C23H28N4O.